The number of alkyl carbamates (subject to hydrolysis) is 1. The van der Waals surface area contributed by atoms with E-state index in [-0.39, 0.29) is 12.3 Å². The van der Waals surface area contributed by atoms with Gasteiger partial charge in [0.05, 0.1) is 0 Å². The number of phenols is 1. The van der Waals surface area contributed by atoms with E-state index in [0.717, 1.165) is 12.0 Å². The Morgan fingerprint density at radius 3 is 2.33 bits per heavy atom. The van der Waals surface area contributed by atoms with E-state index in [4.69, 9.17) is 4.74 Å². The Morgan fingerprint density at radius 2 is 1.72 bits per heavy atom. The summed E-state index contributed by atoms with van der Waals surface area (Å²) in [6, 6.07) is 10.5. The molecule has 3 amide bonds. The Labute approximate surface area is 236 Å². The average molecular weight is 558 g/mol. The quantitative estimate of drug-likeness (QED) is 0.297. The molecule has 2 unspecified atom stereocenters. The Kier molecular flexibility index (Phi) is 12.2. The first-order valence-electron chi connectivity index (χ1n) is 13.3. The number of ether oxygens (including phenoxy) is 1. The summed E-state index contributed by atoms with van der Waals surface area (Å²) in [5.41, 5.74) is 1.67. The molecule has 39 heavy (non-hydrogen) atoms. The molecule has 2 rings (SSSR count). The third-order valence-electron chi connectivity index (χ3n) is 6.16. The molecule has 0 saturated heterocycles. The summed E-state index contributed by atoms with van der Waals surface area (Å²) in [6.07, 6.45) is 3.00. The number of aromatic hydroxyl groups is 1. The molecule has 0 aliphatic heterocycles. The zero-order valence-electron chi connectivity index (χ0n) is 24.2. The third-order valence-corrected chi connectivity index (χ3v) is 6.81. The summed E-state index contributed by atoms with van der Waals surface area (Å²) in [6.45, 7) is 11.2. The fourth-order valence-electron chi connectivity index (χ4n) is 4.11. The molecule has 9 heteroatoms. The molecule has 214 valence electrons. The minimum Gasteiger partial charge on any atom is -0.507 e. The maximum absolute atomic E-state index is 14.2. The number of anilines is 1. The minimum atomic E-state index is -1.12. The van der Waals surface area contributed by atoms with Crippen LogP contribution in [0.2, 0.25) is 0 Å². The zero-order chi connectivity index (χ0) is 29.2. The SMILES string of the molecule is CCCCN(C(=O)C(CCSC)NC(=O)OC(C)(C)C)C(C(=O)Nc1ccccc1C)c1cccc(C)c1O. The van der Waals surface area contributed by atoms with Crippen LogP contribution in [0.4, 0.5) is 10.5 Å². The van der Waals surface area contributed by atoms with Crippen molar-refractivity contribution in [2.45, 2.75) is 78.5 Å². The molecule has 3 N–H and O–H groups in total. The number of rotatable bonds is 12. The van der Waals surface area contributed by atoms with Crippen LogP contribution in [0.1, 0.15) is 69.7 Å². The molecule has 0 radical (unpaired) electrons. The maximum Gasteiger partial charge on any atom is 0.408 e. The van der Waals surface area contributed by atoms with Gasteiger partial charge in [-0.25, -0.2) is 4.79 Å². The molecular formula is C30H43N3O5S. The molecule has 8 nitrogen and oxygen atoms in total. The maximum atomic E-state index is 14.2. The number of thioether (sulfide) groups is 1. The highest BCUT2D eigenvalue weighted by molar-refractivity contribution is 7.98. The smallest absolute Gasteiger partial charge is 0.408 e. The van der Waals surface area contributed by atoms with E-state index in [1.54, 1.807) is 63.7 Å². The van der Waals surface area contributed by atoms with Gasteiger partial charge in [0.2, 0.25) is 5.91 Å². The number of hydrogen-bond donors (Lipinski definition) is 3. The fraction of sp³-hybridized carbons (Fsp3) is 0.500. The van der Waals surface area contributed by atoms with Crippen molar-refractivity contribution >= 4 is 35.4 Å². The summed E-state index contributed by atoms with van der Waals surface area (Å²) in [5, 5.41) is 16.7. The molecular weight excluding hydrogens is 514 g/mol. The Morgan fingerprint density at radius 1 is 1.05 bits per heavy atom. The number of phenolic OH excluding ortho intramolecular Hbond substituents is 1. The van der Waals surface area contributed by atoms with Gasteiger partial charge in [-0.2, -0.15) is 11.8 Å². The van der Waals surface area contributed by atoms with E-state index >= 15 is 0 Å². The van der Waals surface area contributed by atoms with Crippen LogP contribution >= 0.6 is 11.8 Å². The van der Waals surface area contributed by atoms with Crippen LogP contribution in [-0.4, -0.2) is 58.1 Å². The number of benzene rings is 2. The van der Waals surface area contributed by atoms with Crippen molar-refractivity contribution in [3.8, 4) is 5.75 Å². The van der Waals surface area contributed by atoms with Crippen molar-refractivity contribution in [1.82, 2.24) is 10.2 Å². The number of hydrogen-bond acceptors (Lipinski definition) is 6. The summed E-state index contributed by atoms with van der Waals surface area (Å²) in [4.78, 5) is 42.3. The molecule has 0 aliphatic carbocycles. The van der Waals surface area contributed by atoms with E-state index in [2.05, 4.69) is 10.6 Å². The summed E-state index contributed by atoms with van der Waals surface area (Å²) >= 11 is 1.55. The molecule has 0 aromatic heterocycles. The number of carbonyl (C=O) groups excluding carboxylic acids is 3. The number of amides is 3. The van der Waals surface area contributed by atoms with E-state index in [1.165, 1.54) is 4.90 Å². The van der Waals surface area contributed by atoms with Gasteiger partial charge in [0.1, 0.15) is 23.4 Å². The first-order valence-corrected chi connectivity index (χ1v) is 14.7. The van der Waals surface area contributed by atoms with Crippen LogP contribution in [0.15, 0.2) is 42.5 Å². The van der Waals surface area contributed by atoms with E-state index in [0.29, 0.717) is 35.4 Å². The number of nitrogens with one attached hydrogen (secondary N) is 2. The summed E-state index contributed by atoms with van der Waals surface area (Å²) in [7, 11) is 0. The number of unbranched alkanes of at least 4 members (excludes halogenated alkanes) is 1. The summed E-state index contributed by atoms with van der Waals surface area (Å²) < 4.78 is 5.43. The number of nitrogens with zero attached hydrogens (tertiary/aromatic N) is 1. The van der Waals surface area contributed by atoms with Crippen LogP contribution in [0, 0.1) is 13.8 Å². The Hall–Kier alpha value is -3.20. The normalized spacial score (nSPS) is 12.8. The molecule has 2 aromatic carbocycles. The number of aryl methyl sites for hydroxylation is 2. The van der Waals surface area contributed by atoms with E-state index < -0.39 is 35.6 Å². The van der Waals surface area contributed by atoms with Crippen molar-refractivity contribution in [3.05, 3.63) is 59.2 Å². The van der Waals surface area contributed by atoms with Gasteiger partial charge < -0.3 is 25.4 Å². The van der Waals surface area contributed by atoms with Crippen molar-refractivity contribution in [1.29, 1.82) is 0 Å². The number of para-hydroxylation sites is 2. The van der Waals surface area contributed by atoms with Crippen molar-refractivity contribution < 1.29 is 24.2 Å². The lowest BCUT2D eigenvalue weighted by atomic mass is 9.98. The predicted octanol–water partition coefficient (Wildman–Crippen LogP) is 5.96. The summed E-state index contributed by atoms with van der Waals surface area (Å²) in [5.74, 6) is -0.286. The van der Waals surface area contributed by atoms with Crippen molar-refractivity contribution in [2.24, 2.45) is 0 Å². The minimum absolute atomic E-state index is 0.0440. The highest BCUT2D eigenvalue weighted by atomic mass is 32.2. The van der Waals surface area contributed by atoms with Gasteiger partial charge in [-0.3, -0.25) is 9.59 Å². The first kappa shape index (κ1) is 32.0. The highest BCUT2D eigenvalue weighted by Gasteiger charge is 2.37. The van der Waals surface area contributed by atoms with Crippen LogP contribution in [-0.2, 0) is 14.3 Å². The lowest BCUT2D eigenvalue weighted by molar-refractivity contribution is -0.141. The Bertz CT molecular complexity index is 1130. The largest absolute Gasteiger partial charge is 0.507 e. The van der Waals surface area contributed by atoms with Gasteiger partial charge >= 0.3 is 6.09 Å². The van der Waals surface area contributed by atoms with Gasteiger partial charge in [0.25, 0.3) is 5.91 Å². The second kappa shape index (κ2) is 14.8. The van der Waals surface area contributed by atoms with E-state index in [1.807, 2.05) is 38.3 Å². The average Bonchev–Trinajstić information content (AvgIpc) is 2.86. The molecule has 0 bridgehead atoms. The first-order chi connectivity index (χ1) is 18.4. The second-order valence-electron chi connectivity index (χ2n) is 10.6. The zero-order valence-corrected chi connectivity index (χ0v) is 25.0. The van der Waals surface area contributed by atoms with Gasteiger partial charge in [-0.05, 0) is 76.7 Å². The van der Waals surface area contributed by atoms with Crippen LogP contribution in [0.3, 0.4) is 0 Å². The third kappa shape index (κ3) is 9.49. The highest BCUT2D eigenvalue weighted by Crippen LogP contribution is 2.33. The van der Waals surface area contributed by atoms with Gasteiger partial charge in [0, 0.05) is 17.8 Å². The molecule has 0 fully saturated rings. The lowest BCUT2D eigenvalue weighted by Gasteiger charge is -2.35. The standard InChI is InChI=1S/C30H43N3O5S/c1-8-9-18-33(28(36)24(17-19-39-7)32-29(37)38-30(4,5)6)25(22-15-12-14-21(3)26(22)34)27(35)31-23-16-11-10-13-20(23)2/h10-16,24-25,34H,8-9,17-19H2,1-7H3,(H,31,35)(H,32,37). The lowest BCUT2D eigenvalue weighted by Crippen LogP contribution is -2.52. The molecule has 2 atom stereocenters. The van der Waals surface area contributed by atoms with Crippen molar-refractivity contribution in [2.75, 3.05) is 23.9 Å². The Balaban J connectivity index is 2.57. The van der Waals surface area contributed by atoms with Crippen LogP contribution < -0.4 is 10.6 Å². The molecule has 0 aliphatic rings. The van der Waals surface area contributed by atoms with Gasteiger partial charge in [-0.15, -0.1) is 0 Å². The molecule has 0 heterocycles. The monoisotopic (exact) mass is 557 g/mol. The number of carbonyl (C=O) groups is 3. The molecule has 2 aromatic rings. The van der Waals surface area contributed by atoms with Crippen molar-refractivity contribution in [3.63, 3.8) is 0 Å². The van der Waals surface area contributed by atoms with Gasteiger partial charge in [-0.1, -0.05) is 49.7 Å². The molecule has 0 saturated carbocycles. The van der Waals surface area contributed by atoms with Crippen LogP contribution in [0.25, 0.3) is 0 Å². The topological polar surface area (TPSA) is 108 Å². The molecule has 0 spiro atoms. The predicted molar refractivity (Wildman–Crippen MR) is 158 cm³/mol. The van der Waals surface area contributed by atoms with Gasteiger partial charge in [0.15, 0.2) is 0 Å². The van der Waals surface area contributed by atoms with Crippen LogP contribution in [0.5, 0.6) is 5.75 Å². The second-order valence-corrected chi connectivity index (χ2v) is 11.6. The fourth-order valence-corrected chi connectivity index (χ4v) is 4.58. The van der Waals surface area contributed by atoms with E-state index in [9.17, 15) is 19.5 Å².